The number of hydrogen-bond donors (Lipinski definition) is 2. The van der Waals surface area contributed by atoms with Gasteiger partial charge in [-0.1, -0.05) is 13.0 Å². The molecule has 1 aliphatic heterocycles. The maximum absolute atomic E-state index is 5.35. The minimum atomic E-state index is 0.347. The largest absolute Gasteiger partial charge is 0.454 e. The predicted molar refractivity (Wildman–Crippen MR) is 67.7 cm³/mol. The lowest BCUT2D eigenvalue weighted by Crippen LogP contribution is -2.28. The van der Waals surface area contributed by atoms with Crippen molar-refractivity contribution in [3.05, 3.63) is 23.8 Å². The lowest BCUT2D eigenvalue weighted by atomic mass is 10.1. The first-order chi connectivity index (χ1) is 8.40. The summed E-state index contributed by atoms with van der Waals surface area (Å²) in [6.45, 7) is 6.53. The topological polar surface area (TPSA) is 42.5 Å². The van der Waals surface area contributed by atoms with E-state index < -0.39 is 0 Å². The lowest BCUT2D eigenvalue weighted by molar-refractivity contribution is 0.174. The highest BCUT2D eigenvalue weighted by molar-refractivity contribution is 5.44. The molecule has 4 nitrogen and oxygen atoms in total. The van der Waals surface area contributed by atoms with Crippen LogP contribution >= 0.6 is 0 Å². The van der Waals surface area contributed by atoms with Gasteiger partial charge < -0.3 is 20.1 Å². The zero-order valence-corrected chi connectivity index (χ0v) is 10.3. The molecule has 2 N–H and O–H groups in total. The average molecular weight is 236 g/mol. The van der Waals surface area contributed by atoms with Gasteiger partial charge in [0.1, 0.15) is 0 Å². The number of rotatable bonds is 7. The molecule has 17 heavy (non-hydrogen) atoms. The van der Waals surface area contributed by atoms with Gasteiger partial charge in [-0.05, 0) is 37.2 Å². The van der Waals surface area contributed by atoms with Crippen LogP contribution in [0.25, 0.3) is 0 Å². The van der Waals surface area contributed by atoms with E-state index in [2.05, 4.69) is 29.7 Å². The molecule has 1 aliphatic rings. The van der Waals surface area contributed by atoms with Crippen LogP contribution in [0.1, 0.15) is 12.5 Å². The second-order valence-electron chi connectivity index (χ2n) is 4.04. The summed E-state index contributed by atoms with van der Waals surface area (Å²) in [5.41, 5.74) is 1.28. The molecule has 0 unspecified atom stereocenters. The summed E-state index contributed by atoms with van der Waals surface area (Å²) in [7, 11) is 0. The Balaban J connectivity index is 1.69. The van der Waals surface area contributed by atoms with Crippen LogP contribution in [0.5, 0.6) is 11.5 Å². The maximum Gasteiger partial charge on any atom is 0.231 e. The van der Waals surface area contributed by atoms with Crippen LogP contribution in [0, 0.1) is 0 Å². The zero-order chi connectivity index (χ0) is 11.9. The van der Waals surface area contributed by atoms with Crippen molar-refractivity contribution >= 4 is 0 Å². The van der Waals surface area contributed by atoms with Crippen LogP contribution < -0.4 is 20.1 Å². The highest BCUT2D eigenvalue weighted by atomic mass is 16.7. The van der Waals surface area contributed by atoms with Crippen molar-refractivity contribution in [1.29, 1.82) is 0 Å². The number of benzene rings is 1. The molecule has 0 radical (unpaired) electrons. The zero-order valence-electron chi connectivity index (χ0n) is 10.3. The number of hydrogen-bond acceptors (Lipinski definition) is 4. The monoisotopic (exact) mass is 236 g/mol. The number of fused-ring (bicyclic) bond motifs is 1. The smallest absolute Gasteiger partial charge is 0.231 e. The van der Waals surface area contributed by atoms with Crippen LogP contribution in [0.3, 0.4) is 0 Å². The number of ether oxygens (including phenoxy) is 2. The molecule has 0 amide bonds. The molecule has 0 saturated heterocycles. The first-order valence-corrected chi connectivity index (χ1v) is 6.20. The van der Waals surface area contributed by atoms with E-state index in [4.69, 9.17) is 9.47 Å². The fourth-order valence-corrected chi connectivity index (χ4v) is 1.81. The quantitative estimate of drug-likeness (QED) is 0.697. The molecule has 2 rings (SSSR count). The molecule has 1 heterocycles. The van der Waals surface area contributed by atoms with Gasteiger partial charge in [-0.15, -0.1) is 0 Å². The summed E-state index contributed by atoms with van der Waals surface area (Å²) in [5, 5.41) is 6.68. The summed E-state index contributed by atoms with van der Waals surface area (Å²) in [5.74, 6) is 1.73. The van der Waals surface area contributed by atoms with E-state index in [0.29, 0.717) is 6.79 Å². The van der Waals surface area contributed by atoms with Gasteiger partial charge in [0.25, 0.3) is 0 Å². The van der Waals surface area contributed by atoms with Crippen molar-refractivity contribution in [2.75, 3.05) is 33.0 Å². The highest BCUT2D eigenvalue weighted by Gasteiger charge is 2.12. The first kappa shape index (κ1) is 12.2. The second kappa shape index (κ2) is 6.47. The number of likely N-dealkylation sites (N-methyl/N-ethyl adjacent to an activating group) is 1. The normalized spacial score (nSPS) is 13.0. The standard InChI is InChI=1S/C13H20N2O2/c1-2-14-7-8-15-6-5-11-3-4-12-13(9-11)17-10-16-12/h3-4,9,14-15H,2,5-8,10H2,1H3. The molecule has 0 bridgehead atoms. The van der Waals surface area contributed by atoms with E-state index in [1.54, 1.807) is 0 Å². The van der Waals surface area contributed by atoms with Gasteiger partial charge in [0.2, 0.25) is 6.79 Å². The van der Waals surface area contributed by atoms with E-state index in [9.17, 15) is 0 Å². The molecule has 94 valence electrons. The third kappa shape index (κ3) is 3.61. The van der Waals surface area contributed by atoms with Crippen molar-refractivity contribution in [3.63, 3.8) is 0 Å². The highest BCUT2D eigenvalue weighted by Crippen LogP contribution is 2.32. The van der Waals surface area contributed by atoms with E-state index >= 15 is 0 Å². The Morgan fingerprint density at radius 3 is 2.76 bits per heavy atom. The minimum Gasteiger partial charge on any atom is -0.454 e. The molecule has 1 aromatic rings. The van der Waals surface area contributed by atoms with Crippen LogP contribution in [-0.4, -0.2) is 33.0 Å². The van der Waals surface area contributed by atoms with Gasteiger partial charge in [0, 0.05) is 13.1 Å². The molecule has 0 fully saturated rings. The van der Waals surface area contributed by atoms with Crippen LogP contribution in [0.15, 0.2) is 18.2 Å². The summed E-state index contributed by atoms with van der Waals surface area (Å²) in [6, 6.07) is 6.14. The van der Waals surface area contributed by atoms with Crippen molar-refractivity contribution in [2.45, 2.75) is 13.3 Å². The fraction of sp³-hybridized carbons (Fsp3) is 0.538. The minimum absolute atomic E-state index is 0.347. The van der Waals surface area contributed by atoms with E-state index in [1.807, 2.05) is 6.07 Å². The van der Waals surface area contributed by atoms with Crippen molar-refractivity contribution in [1.82, 2.24) is 10.6 Å². The van der Waals surface area contributed by atoms with Gasteiger partial charge in [0.05, 0.1) is 0 Å². The third-order valence-corrected chi connectivity index (χ3v) is 2.76. The predicted octanol–water partition coefficient (Wildman–Crippen LogP) is 1.16. The molecule has 0 aliphatic carbocycles. The van der Waals surface area contributed by atoms with Crippen LogP contribution in [0.2, 0.25) is 0 Å². The fourth-order valence-electron chi connectivity index (χ4n) is 1.81. The Bertz CT molecular complexity index is 355. The summed E-state index contributed by atoms with van der Waals surface area (Å²) in [6.07, 6.45) is 1.02. The van der Waals surface area contributed by atoms with Gasteiger partial charge in [-0.3, -0.25) is 0 Å². The second-order valence-corrected chi connectivity index (χ2v) is 4.04. The van der Waals surface area contributed by atoms with Gasteiger partial charge in [0.15, 0.2) is 11.5 Å². The Morgan fingerprint density at radius 1 is 1.06 bits per heavy atom. The van der Waals surface area contributed by atoms with Crippen molar-refractivity contribution in [3.8, 4) is 11.5 Å². The first-order valence-electron chi connectivity index (χ1n) is 6.20. The van der Waals surface area contributed by atoms with E-state index in [0.717, 1.165) is 44.1 Å². The summed E-state index contributed by atoms with van der Waals surface area (Å²) in [4.78, 5) is 0. The molecular weight excluding hydrogens is 216 g/mol. The molecule has 0 aromatic heterocycles. The molecule has 0 saturated carbocycles. The number of nitrogens with one attached hydrogen (secondary N) is 2. The summed E-state index contributed by atoms with van der Waals surface area (Å²) < 4.78 is 10.6. The van der Waals surface area contributed by atoms with Crippen LogP contribution in [0.4, 0.5) is 0 Å². The SMILES string of the molecule is CCNCCNCCc1ccc2c(c1)OCO2. The van der Waals surface area contributed by atoms with Crippen molar-refractivity contribution in [2.24, 2.45) is 0 Å². The lowest BCUT2D eigenvalue weighted by Gasteiger charge is -2.06. The molecule has 1 aromatic carbocycles. The Hall–Kier alpha value is -1.26. The average Bonchev–Trinajstić information content (AvgIpc) is 2.81. The third-order valence-electron chi connectivity index (χ3n) is 2.76. The van der Waals surface area contributed by atoms with Crippen LogP contribution in [-0.2, 0) is 6.42 Å². The Morgan fingerprint density at radius 2 is 1.88 bits per heavy atom. The van der Waals surface area contributed by atoms with Gasteiger partial charge in [-0.25, -0.2) is 0 Å². The molecule has 4 heteroatoms. The van der Waals surface area contributed by atoms with Crippen molar-refractivity contribution < 1.29 is 9.47 Å². The van der Waals surface area contributed by atoms with Gasteiger partial charge in [-0.2, -0.15) is 0 Å². The molecule has 0 spiro atoms. The van der Waals surface area contributed by atoms with E-state index in [1.165, 1.54) is 5.56 Å². The molecule has 0 atom stereocenters. The Kier molecular flexibility index (Phi) is 4.64. The maximum atomic E-state index is 5.35. The summed E-state index contributed by atoms with van der Waals surface area (Å²) >= 11 is 0. The van der Waals surface area contributed by atoms with E-state index in [-0.39, 0.29) is 0 Å². The Labute approximate surface area is 102 Å². The van der Waals surface area contributed by atoms with Gasteiger partial charge >= 0.3 is 0 Å². The molecular formula is C13H20N2O2.